The molecule has 3 rings (SSSR count). The Balaban J connectivity index is 1.50. The number of benzene rings is 2. The fourth-order valence-electron chi connectivity index (χ4n) is 2.37. The number of hydrogen-bond acceptors (Lipinski definition) is 5. The van der Waals surface area contributed by atoms with E-state index in [-0.39, 0.29) is 18.4 Å². The van der Waals surface area contributed by atoms with Crippen LogP contribution in [-0.4, -0.2) is 23.4 Å². The van der Waals surface area contributed by atoms with Gasteiger partial charge in [-0.05, 0) is 55.5 Å². The molecule has 0 fully saturated rings. The smallest absolute Gasteiger partial charge is 0.262 e. The van der Waals surface area contributed by atoms with E-state index >= 15 is 0 Å². The lowest BCUT2D eigenvalue weighted by molar-refractivity contribution is -0.118. The van der Waals surface area contributed by atoms with E-state index in [2.05, 4.69) is 15.6 Å². The minimum Gasteiger partial charge on any atom is -0.484 e. The molecule has 1 aromatic heterocycles. The minimum atomic E-state index is -0.262. The first-order valence-electron chi connectivity index (χ1n) is 8.32. The van der Waals surface area contributed by atoms with E-state index in [9.17, 15) is 9.59 Å². The highest BCUT2D eigenvalue weighted by molar-refractivity contribution is 7.13. The molecule has 0 aliphatic carbocycles. The van der Waals surface area contributed by atoms with E-state index in [1.165, 1.54) is 6.92 Å². The van der Waals surface area contributed by atoms with E-state index in [4.69, 9.17) is 4.74 Å². The molecule has 0 atom stereocenters. The number of anilines is 2. The van der Waals surface area contributed by atoms with Gasteiger partial charge < -0.3 is 15.4 Å². The maximum Gasteiger partial charge on any atom is 0.262 e. The molecule has 2 aromatic carbocycles. The van der Waals surface area contributed by atoms with Gasteiger partial charge in [0.2, 0.25) is 5.91 Å². The first-order chi connectivity index (χ1) is 13.0. The first-order valence-corrected chi connectivity index (χ1v) is 9.20. The quantitative estimate of drug-likeness (QED) is 0.674. The number of aromatic nitrogens is 1. The zero-order valence-electron chi connectivity index (χ0n) is 15.0. The van der Waals surface area contributed by atoms with E-state index in [1.807, 2.05) is 36.6 Å². The molecule has 138 valence electrons. The Morgan fingerprint density at radius 3 is 2.19 bits per heavy atom. The fraction of sp³-hybridized carbons (Fsp3) is 0.150. The van der Waals surface area contributed by atoms with E-state index < -0.39 is 0 Å². The molecule has 2 N–H and O–H groups in total. The second-order valence-corrected chi connectivity index (χ2v) is 6.77. The number of hydrogen-bond donors (Lipinski definition) is 2. The van der Waals surface area contributed by atoms with Gasteiger partial charge in [0.25, 0.3) is 5.91 Å². The molecule has 6 nitrogen and oxygen atoms in total. The molecule has 27 heavy (non-hydrogen) atoms. The summed E-state index contributed by atoms with van der Waals surface area (Å²) in [6.45, 7) is 3.31. The predicted molar refractivity (Wildman–Crippen MR) is 107 cm³/mol. The Bertz CT molecular complexity index is 934. The second kappa shape index (κ2) is 8.46. The van der Waals surface area contributed by atoms with Crippen LogP contribution in [0.5, 0.6) is 5.75 Å². The summed E-state index contributed by atoms with van der Waals surface area (Å²) in [5.74, 6) is 0.210. The van der Waals surface area contributed by atoms with Gasteiger partial charge in [0.15, 0.2) is 6.61 Å². The fourth-order valence-corrected chi connectivity index (χ4v) is 3.17. The standard InChI is InChI=1S/C20H19N3O3S/c1-13-12-27-20(21-13)15-3-9-18(10-4-15)26-11-19(25)23-17-7-5-16(6-8-17)22-14(2)24/h3-10,12H,11H2,1-2H3,(H,22,24)(H,23,25). The number of amides is 2. The molecule has 0 aliphatic rings. The molecule has 0 spiro atoms. The zero-order valence-corrected chi connectivity index (χ0v) is 15.8. The van der Waals surface area contributed by atoms with E-state index in [1.54, 1.807) is 35.6 Å². The van der Waals surface area contributed by atoms with Crippen molar-refractivity contribution in [3.05, 3.63) is 59.6 Å². The van der Waals surface area contributed by atoms with E-state index in [0.29, 0.717) is 17.1 Å². The average Bonchev–Trinajstić information content (AvgIpc) is 3.08. The predicted octanol–water partition coefficient (Wildman–Crippen LogP) is 4.09. The SMILES string of the molecule is CC(=O)Nc1ccc(NC(=O)COc2ccc(-c3nc(C)cs3)cc2)cc1. The molecule has 0 radical (unpaired) electrons. The van der Waals surface area contributed by atoms with Crippen molar-refractivity contribution in [2.45, 2.75) is 13.8 Å². The van der Waals surface area contributed by atoms with Crippen LogP contribution in [0.4, 0.5) is 11.4 Å². The van der Waals surface area contributed by atoms with Gasteiger partial charge in [-0.15, -0.1) is 11.3 Å². The van der Waals surface area contributed by atoms with Crippen LogP contribution >= 0.6 is 11.3 Å². The molecular formula is C20H19N3O3S. The summed E-state index contributed by atoms with van der Waals surface area (Å²) in [5, 5.41) is 8.38. The van der Waals surface area contributed by atoms with Crippen molar-refractivity contribution in [3.63, 3.8) is 0 Å². The minimum absolute atomic E-state index is 0.0941. The zero-order chi connectivity index (χ0) is 19.2. The van der Waals surface area contributed by atoms with Gasteiger partial charge in [0.05, 0.1) is 0 Å². The Kier molecular flexibility index (Phi) is 5.83. The topological polar surface area (TPSA) is 80.3 Å². The number of rotatable bonds is 6. The summed E-state index contributed by atoms with van der Waals surface area (Å²) >= 11 is 1.59. The van der Waals surface area contributed by atoms with Crippen molar-refractivity contribution in [2.75, 3.05) is 17.2 Å². The van der Waals surface area contributed by atoms with Crippen LogP contribution in [0.25, 0.3) is 10.6 Å². The Morgan fingerprint density at radius 1 is 1.00 bits per heavy atom. The van der Waals surface area contributed by atoms with Gasteiger partial charge in [-0.3, -0.25) is 9.59 Å². The molecule has 1 heterocycles. The summed E-state index contributed by atoms with van der Waals surface area (Å²) in [5.41, 5.74) is 3.32. The van der Waals surface area contributed by atoms with Crippen LogP contribution in [0.15, 0.2) is 53.9 Å². The molecule has 7 heteroatoms. The summed E-state index contributed by atoms with van der Waals surface area (Å²) in [6.07, 6.45) is 0. The number of aryl methyl sites for hydroxylation is 1. The highest BCUT2D eigenvalue weighted by atomic mass is 32.1. The average molecular weight is 381 g/mol. The van der Waals surface area contributed by atoms with Gasteiger partial charge >= 0.3 is 0 Å². The van der Waals surface area contributed by atoms with Crippen LogP contribution in [0.3, 0.4) is 0 Å². The van der Waals surface area contributed by atoms with E-state index in [0.717, 1.165) is 16.3 Å². The highest BCUT2D eigenvalue weighted by Gasteiger charge is 2.06. The lowest BCUT2D eigenvalue weighted by Crippen LogP contribution is -2.20. The maximum atomic E-state index is 12.0. The number of nitrogens with zero attached hydrogens (tertiary/aromatic N) is 1. The third kappa shape index (κ3) is 5.39. The third-order valence-electron chi connectivity index (χ3n) is 3.58. The summed E-state index contributed by atoms with van der Waals surface area (Å²) in [7, 11) is 0. The van der Waals surface area contributed by atoms with Crippen molar-refractivity contribution in [1.29, 1.82) is 0 Å². The Hall–Kier alpha value is -3.19. The second-order valence-electron chi connectivity index (χ2n) is 5.91. The summed E-state index contributed by atoms with van der Waals surface area (Å²) < 4.78 is 5.53. The van der Waals surface area contributed by atoms with Gasteiger partial charge in [-0.25, -0.2) is 4.98 Å². The van der Waals surface area contributed by atoms with Gasteiger partial charge in [0.1, 0.15) is 10.8 Å². The molecule has 0 unspecified atom stereocenters. The molecule has 2 amide bonds. The lowest BCUT2D eigenvalue weighted by Gasteiger charge is -2.09. The van der Waals surface area contributed by atoms with Gasteiger partial charge in [-0.2, -0.15) is 0 Å². The Labute approximate surface area is 161 Å². The molecule has 0 saturated heterocycles. The number of carbonyl (C=O) groups is 2. The molecule has 0 aliphatic heterocycles. The number of thiazole rings is 1. The maximum absolute atomic E-state index is 12.0. The summed E-state index contributed by atoms with van der Waals surface area (Å²) in [6, 6.07) is 14.4. The van der Waals surface area contributed by atoms with Crippen LogP contribution in [-0.2, 0) is 9.59 Å². The van der Waals surface area contributed by atoms with Crippen LogP contribution < -0.4 is 15.4 Å². The largest absolute Gasteiger partial charge is 0.484 e. The number of nitrogens with one attached hydrogen (secondary N) is 2. The molecule has 3 aromatic rings. The van der Waals surface area contributed by atoms with Crippen LogP contribution in [0.2, 0.25) is 0 Å². The molecular weight excluding hydrogens is 362 g/mol. The van der Waals surface area contributed by atoms with Crippen molar-refractivity contribution < 1.29 is 14.3 Å². The monoisotopic (exact) mass is 381 g/mol. The highest BCUT2D eigenvalue weighted by Crippen LogP contribution is 2.25. The Morgan fingerprint density at radius 2 is 1.63 bits per heavy atom. The number of ether oxygens (including phenoxy) is 1. The lowest BCUT2D eigenvalue weighted by atomic mass is 10.2. The van der Waals surface area contributed by atoms with Crippen molar-refractivity contribution >= 4 is 34.5 Å². The summed E-state index contributed by atoms with van der Waals surface area (Å²) in [4.78, 5) is 27.5. The molecule has 0 bridgehead atoms. The van der Waals surface area contributed by atoms with Crippen molar-refractivity contribution in [3.8, 4) is 16.3 Å². The van der Waals surface area contributed by atoms with Gasteiger partial charge in [0, 0.05) is 34.9 Å². The number of carbonyl (C=O) groups excluding carboxylic acids is 2. The first kappa shape index (κ1) is 18.6. The van der Waals surface area contributed by atoms with Crippen molar-refractivity contribution in [1.82, 2.24) is 4.98 Å². The van der Waals surface area contributed by atoms with Crippen LogP contribution in [0.1, 0.15) is 12.6 Å². The van der Waals surface area contributed by atoms with Gasteiger partial charge in [-0.1, -0.05) is 0 Å². The molecule has 0 saturated carbocycles. The third-order valence-corrected chi connectivity index (χ3v) is 4.59. The van der Waals surface area contributed by atoms with Crippen molar-refractivity contribution in [2.24, 2.45) is 0 Å². The normalized spacial score (nSPS) is 10.3. The van der Waals surface area contributed by atoms with Crippen LogP contribution in [0, 0.1) is 6.92 Å².